The molecule has 0 bridgehead atoms. The second-order valence-corrected chi connectivity index (χ2v) is 5.36. The Balaban J connectivity index is 2.47. The van der Waals surface area contributed by atoms with E-state index < -0.39 is 0 Å². The van der Waals surface area contributed by atoms with Crippen molar-refractivity contribution in [3.05, 3.63) is 33.9 Å². The quantitative estimate of drug-likeness (QED) is 0.430. The van der Waals surface area contributed by atoms with E-state index in [0.717, 1.165) is 25.1 Å². The Kier molecular flexibility index (Phi) is 7.11. The van der Waals surface area contributed by atoms with Crippen molar-refractivity contribution in [1.29, 1.82) is 0 Å². The molecule has 0 amide bonds. The molecule has 0 unspecified atom stereocenters. The summed E-state index contributed by atoms with van der Waals surface area (Å²) < 4.78 is 5.24. The fourth-order valence-electron chi connectivity index (χ4n) is 1.95. The lowest BCUT2D eigenvalue weighted by Gasteiger charge is -2.20. The standard InChI is InChI=1S/C15H25N3O3/c1-12(2)17(3)9-5-8-16-11-13-10-14(18(19)20)6-7-15(13)21-4/h6-7,10,12,16H,5,8-9,11H2,1-4H3. The average Bonchev–Trinajstić information content (AvgIpc) is 2.46. The van der Waals surface area contributed by atoms with E-state index in [0.29, 0.717) is 18.3 Å². The number of methoxy groups -OCH3 is 1. The lowest BCUT2D eigenvalue weighted by molar-refractivity contribution is -0.384. The molecule has 6 nitrogen and oxygen atoms in total. The van der Waals surface area contributed by atoms with E-state index in [1.54, 1.807) is 19.2 Å². The van der Waals surface area contributed by atoms with Crippen LogP contribution >= 0.6 is 0 Å². The summed E-state index contributed by atoms with van der Waals surface area (Å²) in [7, 11) is 3.68. The van der Waals surface area contributed by atoms with E-state index >= 15 is 0 Å². The third kappa shape index (κ3) is 5.69. The number of non-ortho nitro benzene ring substituents is 1. The van der Waals surface area contributed by atoms with Crippen LogP contribution in [0.1, 0.15) is 25.8 Å². The molecular formula is C15H25N3O3. The first-order chi connectivity index (χ1) is 9.95. The van der Waals surface area contributed by atoms with E-state index in [1.165, 1.54) is 6.07 Å². The molecule has 0 radical (unpaired) electrons. The fourth-order valence-corrected chi connectivity index (χ4v) is 1.95. The summed E-state index contributed by atoms with van der Waals surface area (Å²) in [6.07, 6.45) is 1.03. The first kappa shape index (κ1) is 17.4. The van der Waals surface area contributed by atoms with Gasteiger partial charge < -0.3 is 15.0 Å². The van der Waals surface area contributed by atoms with Crippen LogP contribution in [0.25, 0.3) is 0 Å². The van der Waals surface area contributed by atoms with Gasteiger partial charge in [0.2, 0.25) is 0 Å². The number of nitrogens with zero attached hydrogens (tertiary/aromatic N) is 2. The molecule has 1 N–H and O–H groups in total. The number of nitro benzene ring substituents is 1. The van der Waals surface area contributed by atoms with Crippen molar-refractivity contribution in [3.8, 4) is 5.75 Å². The molecule has 0 aliphatic heterocycles. The van der Waals surface area contributed by atoms with E-state index in [2.05, 4.69) is 31.1 Å². The highest BCUT2D eigenvalue weighted by Crippen LogP contribution is 2.23. The number of nitrogens with one attached hydrogen (secondary N) is 1. The number of hydrogen-bond acceptors (Lipinski definition) is 5. The van der Waals surface area contributed by atoms with E-state index in [-0.39, 0.29) is 10.6 Å². The fraction of sp³-hybridized carbons (Fsp3) is 0.600. The lowest BCUT2D eigenvalue weighted by Crippen LogP contribution is -2.29. The molecule has 0 heterocycles. The van der Waals surface area contributed by atoms with Gasteiger partial charge in [0.1, 0.15) is 5.75 Å². The summed E-state index contributed by atoms with van der Waals surface area (Å²) in [4.78, 5) is 12.7. The van der Waals surface area contributed by atoms with E-state index in [9.17, 15) is 10.1 Å². The lowest BCUT2D eigenvalue weighted by atomic mass is 10.1. The predicted molar refractivity (Wildman–Crippen MR) is 83.7 cm³/mol. The molecule has 0 saturated carbocycles. The minimum atomic E-state index is -0.388. The largest absolute Gasteiger partial charge is 0.496 e. The van der Waals surface area contributed by atoms with Gasteiger partial charge in [-0.05, 0) is 46.5 Å². The average molecular weight is 295 g/mol. The number of nitro groups is 1. The number of rotatable bonds is 9. The van der Waals surface area contributed by atoms with Crippen molar-refractivity contribution in [2.24, 2.45) is 0 Å². The van der Waals surface area contributed by atoms with Gasteiger partial charge in [0.25, 0.3) is 5.69 Å². The Morgan fingerprint density at radius 1 is 1.43 bits per heavy atom. The Morgan fingerprint density at radius 2 is 2.14 bits per heavy atom. The summed E-state index contributed by atoms with van der Waals surface area (Å²) in [5.41, 5.74) is 0.899. The smallest absolute Gasteiger partial charge is 0.270 e. The van der Waals surface area contributed by atoms with Crippen LogP contribution in [-0.4, -0.2) is 43.1 Å². The second kappa shape index (κ2) is 8.59. The van der Waals surface area contributed by atoms with Gasteiger partial charge >= 0.3 is 0 Å². The van der Waals surface area contributed by atoms with Gasteiger partial charge in [0, 0.05) is 30.3 Å². The topological polar surface area (TPSA) is 67.6 Å². The molecule has 0 spiro atoms. The normalized spacial score (nSPS) is 11.1. The molecule has 0 aliphatic rings. The van der Waals surface area contributed by atoms with Crippen LogP contribution in [0.5, 0.6) is 5.75 Å². The first-order valence-electron chi connectivity index (χ1n) is 7.18. The van der Waals surface area contributed by atoms with E-state index in [4.69, 9.17) is 4.74 Å². The van der Waals surface area contributed by atoms with Gasteiger partial charge in [-0.1, -0.05) is 0 Å². The van der Waals surface area contributed by atoms with Crippen LogP contribution in [0.4, 0.5) is 5.69 Å². The van der Waals surface area contributed by atoms with Crippen LogP contribution in [0.15, 0.2) is 18.2 Å². The third-order valence-electron chi connectivity index (χ3n) is 3.54. The Bertz CT molecular complexity index is 463. The van der Waals surface area contributed by atoms with E-state index in [1.807, 2.05) is 0 Å². The molecule has 1 aromatic carbocycles. The second-order valence-electron chi connectivity index (χ2n) is 5.36. The predicted octanol–water partition coefficient (Wildman–Crippen LogP) is 2.42. The van der Waals surface area contributed by atoms with Gasteiger partial charge in [0.15, 0.2) is 0 Å². The zero-order valence-corrected chi connectivity index (χ0v) is 13.3. The Morgan fingerprint density at radius 3 is 2.71 bits per heavy atom. The number of ether oxygens (including phenoxy) is 1. The molecule has 118 valence electrons. The molecule has 0 atom stereocenters. The van der Waals surface area contributed by atoms with Crippen molar-refractivity contribution in [1.82, 2.24) is 10.2 Å². The summed E-state index contributed by atoms with van der Waals surface area (Å²) in [5.74, 6) is 0.674. The molecule has 0 saturated heterocycles. The highest BCUT2D eigenvalue weighted by atomic mass is 16.6. The molecule has 1 rings (SSSR count). The van der Waals surface area contributed by atoms with Crippen molar-refractivity contribution < 1.29 is 9.66 Å². The molecule has 1 aromatic rings. The summed E-state index contributed by atoms with van der Waals surface area (Å²) in [5, 5.41) is 14.1. The van der Waals surface area contributed by atoms with Crippen molar-refractivity contribution in [2.75, 3.05) is 27.2 Å². The Labute approximate surface area is 126 Å². The van der Waals surface area contributed by atoms with Crippen molar-refractivity contribution >= 4 is 5.69 Å². The highest BCUT2D eigenvalue weighted by molar-refractivity contribution is 5.43. The zero-order chi connectivity index (χ0) is 15.8. The minimum absolute atomic E-state index is 0.0899. The van der Waals surface area contributed by atoms with Crippen molar-refractivity contribution in [2.45, 2.75) is 32.9 Å². The maximum atomic E-state index is 10.8. The van der Waals surface area contributed by atoms with Gasteiger partial charge in [0.05, 0.1) is 12.0 Å². The summed E-state index contributed by atoms with van der Waals surface area (Å²) in [6, 6.07) is 5.20. The molecule has 0 fully saturated rings. The highest BCUT2D eigenvalue weighted by Gasteiger charge is 2.11. The Hall–Kier alpha value is -1.66. The minimum Gasteiger partial charge on any atom is -0.496 e. The van der Waals surface area contributed by atoms with Crippen LogP contribution in [0.2, 0.25) is 0 Å². The van der Waals surface area contributed by atoms with Crippen LogP contribution in [0.3, 0.4) is 0 Å². The maximum absolute atomic E-state index is 10.8. The van der Waals surface area contributed by atoms with Gasteiger partial charge in [-0.25, -0.2) is 0 Å². The molecule has 21 heavy (non-hydrogen) atoms. The summed E-state index contributed by atoms with van der Waals surface area (Å²) in [6.45, 7) is 6.79. The van der Waals surface area contributed by atoms with Crippen LogP contribution in [-0.2, 0) is 6.54 Å². The molecule has 0 aliphatic carbocycles. The van der Waals surface area contributed by atoms with Gasteiger partial charge in [-0.3, -0.25) is 10.1 Å². The SMILES string of the molecule is COc1ccc([N+](=O)[O-])cc1CNCCCN(C)C(C)C. The summed E-state index contributed by atoms with van der Waals surface area (Å²) >= 11 is 0. The van der Waals surface area contributed by atoms with Gasteiger partial charge in [-0.2, -0.15) is 0 Å². The molecule has 6 heteroatoms. The third-order valence-corrected chi connectivity index (χ3v) is 3.54. The number of benzene rings is 1. The monoisotopic (exact) mass is 295 g/mol. The first-order valence-corrected chi connectivity index (χ1v) is 7.18. The maximum Gasteiger partial charge on any atom is 0.270 e. The van der Waals surface area contributed by atoms with Crippen LogP contribution in [0, 0.1) is 10.1 Å². The molecular weight excluding hydrogens is 270 g/mol. The van der Waals surface area contributed by atoms with Gasteiger partial charge in [-0.15, -0.1) is 0 Å². The van der Waals surface area contributed by atoms with Crippen molar-refractivity contribution in [3.63, 3.8) is 0 Å². The molecule has 0 aromatic heterocycles. The van der Waals surface area contributed by atoms with Crippen LogP contribution < -0.4 is 10.1 Å². The number of hydrogen-bond donors (Lipinski definition) is 1. The zero-order valence-electron chi connectivity index (χ0n) is 13.3.